The van der Waals surface area contributed by atoms with Crippen LogP contribution >= 0.6 is 0 Å². The first kappa shape index (κ1) is 39.9. The molecule has 0 aromatic heterocycles. The van der Waals surface area contributed by atoms with E-state index in [2.05, 4.69) is 9.73 Å². The Hall–Kier alpha value is -3.27. The number of carboxylic acid groups (broad SMARTS) is 2. The Morgan fingerprint density at radius 3 is 1.66 bits per heavy atom. The number of aliphatic carboxylic acids is 2. The van der Waals surface area contributed by atoms with E-state index in [0.29, 0.717) is 19.4 Å². The molecule has 0 aliphatic carbocycles. The van der Waals surface area contributed by atoms with E-state index >= 15 is 0 Å². The summed E-state index contributed by atoms with van der Waals surface area (Å²) in [6.45, 7) is -1.38. The highest BCUT2D eigenvalue weighted by molar-refractivity contribution is 5.75. The quantitative estimate of drug-likeness (QED) is 0.0527. The van der Waals surface area contributed by atoms with E-state index in [1.54, 1.807) is 0 Å². The van der Waals surface area contributed by atoms with E-state index in [1.165, 1.54) is 0 Å². The van der Waals surface area contributed by atoms with Crippen molar-refractivity contribution in [3.8, 4) is 0 Å². The maximum absolute atomic E-state index is 13.3. The van der Waals surface area contributed by atoms with Crippen molar-refractivity contribution in [1.29, 1.82) is 0 Å². The molecule has 10 nitrogen and oxygen atoms in total. The standard InChI is InChI=1S/C12H9F13O4.C6H14N4O2/c13-7(14,3-4-29-6(28)2-1-5(26)27)8(15,16)9(17,18)10(19,20)11(21,22)12(23,24)25;7-4(5(11)12)2-1-3-10-6(8)9/h1-4H2,(H,26,27);4H,1-3,7H2,(H,11,12)(H4,8,9,10)/t;4-/m.0/s1. The summed E-state index contributed by atoms with van der Waals surface area (Å²) in [5, 5.41) is 18.4. The second-order valence-corrected chi connectivity index (χ2v) is 7.81. The number of nitrogens with one attached hydrogen (secondary N) is 1. The molecule has 0 heterocycles. The Kier molecular flexibility index (Phi) is 14.2. The molecule has 0 fully saturated rings. The van der Waals surface area contributed by atoms with Gasteiger partial charge in [-0.1, -0.05) is 0 Å². The van der Waals surface area contributed by atoms with Crippen LogP contribution < -0.4 is 27.3 Å². The fourth-order valence-electron chi connectivity index (χ4n) is 2.21. The number of nitrogens with two attached hydrogens (primary N) is 3. The third-order valence-electron chi connectivity index (χ3n) is 4.55. The Labute approximate surface area is 220 Å². The Bertz CT molecular complexity index is 925. The number of hydrogen-bond acceptors (Lipinski definition) is 6. The van der Waals surface area contributed by atoms with Crippen LogP contribution in [0.3, 0.4) is 0 Å². The highest BCUT2D eigenvalue weighted by atomic mass is 19.4. The smallest absolute Gasteiger partial charge is 0.460 e. The number of hydrogen-bond donors (Lipinski definition) is 5. The van der Waals surface area contributed by atoms with Crippen molar-refractivity contribution >= 4 is 23.9 Å². The second kappa shape index (κ2) is 14.6. The molecule has 0 aliphatic rings. The predicted molar refractivity (Wildman–Crippen MR) is 105 cm³/mol. The van der Waals surface area contributed by atoms with Crippen LogP contribution in [0.5, 0.6) is 0 Å². The fourth-order valence-corrected chi connectivity index (χ4v) is 2.21. The van der Waals surface area contributed by atoms with Crippen LogP contribution in [-0.2, 0) is 19.1 Å². The van der Waals surface area contributed by atoms with Crippen molar-refractivity contribution in [2.75, 3.05) is 13.2 Å². The lowest BCUT2D eigenvalue weighted by Crippen LogP contribution is -2.78. The summed E-state index contributed by atoms with van der Waals surface area (Å²) in [7, 11) is 0. The molecular formula is C18H23F13N4O6. The monoisotopic (exact) mass is 638 g/mol. The molecule has 41 heavy (non-hydrogen) atoms. The van der Waals surface area contributed by atoms with Gasteiger partial charge in [-0.25, -0.2) is 0 Å². The predicted octanol–water partition coefficient (Wildman–Crippen LogP) is -0.279. The van der Waals surface area contributed by atoms with Gasteiger partial charge in [0, 0.05) is 5.97 Å². The lowest BCUT2D eigenvalue weighted by atomic mass is 9.93. The second-order valence-electron chi connectivity index (χ2n) is 7.81. The zero-order chi connectivity index (χ0) is 33.3. The number of rotatable bonds is 15. The molecule has 0 saturated heterocycles. The summed E-state index contributed by atoms with van der Waals surface area (Å²) < 4.78 is 170. The number of halogens is 13. The molecule has 0 aromatic carbocycles. The van der Waals surface area contributed by atoms with Gasteiger partial charge in [0.2, 0.25) is 0 Å². The Morgan fingerprint density at radius 1 is 0.805 bits per heavy atom. The van der Waals surface area contributed by atoms with Crippen LogP contribution in [-0.4, -0.2) is 84.0 Å². The largest absolute Gasteiger partial charge is 0.550 e. The average Bonchev–Trinajstić information content (AvgIpc) is 2.79. The van der Waals surface area contributed by atoms with Gasteiger partial charge < -0.3 is 25.5 Å². The fraction of sp³-hybridized carbons (Fsp3) is 0.778. The molecule has 0 radical (unpaired) electrons. The zero-order valence-electron chi connectivity index (χ0n) is 20.2. The Balaban J connectivity index is 0. The van der Waals surface area contributed by atoms with Crippen LogP contribution in [0.25, 0.3) is 0 Å². The highest BCUT2D eigenvalue weighted by Crippen LogP contribution is 2.60. The van der Waals surface area contributed by atoms with Gasteiger partial charge in [0.05, 0.1) is 26.0 Å². The number of carbonyl (C=O) groups is 3. The van der Waals surface area contributed by atoms with Crippen molar-refractivity contribution in [3.63, 3.8) is 0 Å². The molecule has 0 rings (SSSR count). The third-order valence-corrected chi connectivity index (χ3v) is 4.55. The topological polar surface area (TPSA) is 196 Å². The van der Waals surface area contributed by atoms with Crippen molar-refractivity contribution in [2.24, 2.45) is 17.2 Å². The van der Waals surface area contributed by atoms with Gasteiger partial charge >= 0.3 is 53.7 Å². The molecule has 1 atom stereocenters. The van der Waals surface area contributed by atoms with Gasteiger partial charge in [-0.2, -0.15) is 57.1 Å². The molecule has 0 unspecified atom stereocenters. The minimum absolute atomic E-state index is 0.138. The maximum atomic E-state index is 13.3. The van der Waals surface area contributed by atoms with Crippen LogP contribution in [0, 0.1) is 0 Å². The molecule has 0 amide bonds. The van der Waals surface area contributed by atoms with E-state index < -0.39 is 85.6 Å². The van der Waals surface area contributed by atoms with Gasteiger partial charge in [-0.15, -0.1) is 0 Å². The van der Waals surface area contributed by atoms with Crippen LogP contribution in [0.4, 0.5) is 57.1 Å². The molecule has 0 aliphatic heterocycles. The first-order valence-electron chi connectivity index (χ1n) is 10.5. The van der Waals surface area contributed by atoms with E-state index in [-0.39, 0.29) is 5.96 Å². The van der Waals surface area contributed by atoms with E-state index in [1.807, 2.05) is 0 Å². The molecule has 0 aromatic rings. The number of ether oxygens (including phenoxy) is 1. The van der Waals surface area contributed by atoms with E-state index in [0.717, 1.165) is 0 Å². The summed E-state index contributed by atoms with van der Waals surface area (Å²) in [5.74, 6) is -41.9. The zero-order valence-corrected chi connectivity index (χ0v) is 20.2. The summed E-state index contributed by atoms with van der Waals surface area (Å²) in [6.07, 6.45) is -11.3. The van der Waals surface area contributed by atoms with Gasteiger partial charge in [0.1, 0.15) is 6.04 Å². The normalized spacial score (nSPS) is 13.9. The molecule has 0 spiro atoms. The van der Waals surface area contributed by atoms with Crippen molar-refractivity contribution < 1.29 is 91.4 Å². The molecule has 242 valence electrons. The summed E-state index contributed by atoms with van der Waals surface area (Å²) in [6, 6.07) is -0.800. The molecule has 8 N–H and O–H groups in total. The Morgan fingerprint density at radius 2 is 1.27 bits per heavy atom. The van der Waals surface area contributed by atoms with Gasteiger partial charge in [-0.3, -0.25) is 26.0 Å². The van der Waals surface area contributed by atoms with E-state index in [4.69, 9.17) is 22.3 Å². The summed E-state index contributed by atoms with van der Waals surface area (Å²) >= 11 is 0. The third kappa shape index (κ3) is 10.6. The first-order valence-corrected chi connectivity index (χ1v) is 10.5. The van der Waals surface area contributed by atoms with Crippen LogP contribution in [0.1, 0.15) is 32.1 Å². The van der Waals surface area contributed by atoms with E-state index in [9.17, 15) is 76.6 Å². The van der Waals surface area contributed by atoms with Crippen molar-refractivity contribution in [1.82, 2.24) is 0 Å². The van der Waals surface area contributed by atoms with Crippen molar-refractivity contribution in [2.45, 2.75) is 73.9 Å². The van der Waals surface area contributed by atoms with Crippen molar-refractivity contribution in [3.05, 3.63) is 0 Å². The van der Waals surface area contributed by atoms with Crippen LogP contribution in [0.15, 0.2) is 0 Å². The molecule has 0 saturated carbocycles. The van der Waals surface area contributed by atoms with Gasteiger partial charge in [0.15, 0.2) is 0 Å². The first-order chi connectivity index (χ1) is 18.1. The minimum Gasteiger partial charge on any atom is -0.550 e. The van der Waals surface area contributed by atoms with Gasteiger partial charge in [0.25, 0.3) is 0 Å². The number of guanidine groups is 1. The SMILES string of the molecule is NC(N)=[NH+]CCC[C@H](N)C(=O)O.O=C([O-])CCC(=O)OCCC(F)(F)C(F)(F)C(F)(F)C(F)(F)C(F)(F)C(F)(F)F. The minimum atomic E-state index is -8.00. The van der Waals surface area contributed by atoms with Gasteiger partial charge in [-0.05, 0) is 19.3 Å². The summed E-state index contributed by atoms with van der Waals surface area (Å²) in [4.78, 5) is 33.7. The number of esters is 1. The lowest BCUT2D eigenvalue weighted by molar-refractivity contribution is -0.459. The number of carboxylic acids is 2. The molecule has 23 heteroatoms. The summed E-state index contributed by atoms with van der Waals surface area (Å²) in [5.41, 5.74) is 15.4. The maximum Gasteiger partial charge on any atom is 0.460 e. The molecule has 0 bridgehead atoms. The average molecular weight is 638 g/mol. The molecular weight excluding hydrogens is 615 g/mol. The number of alkyl halides is 13. The number of carbonyl (C=O) groups excluding carboxylic acids is 2. The lowest BCUT2D eigenvalue weighted by Gasteiger charge is -2.39. The van der Waals surface area contributed by atoms with Crippen LogP contribution in [0.2, 0.25) is 0 Å². The highest BCUT2D eigenvalue weighted by Gasteiger charge is 2.90.